The molecule has 3 nitrogen and oxygen atoms in total. The zero-order chi connectivity index (χ0) is 14.4. The molecule has 2 aromatic carbocycles. The highest BCUT2D eigenvalue weighted by Crippen LogP contribution is 2.18. The summed E-state index contributed by atoms with van der Waals surface area (Å²) in [6, 6.07) is 16.3. The third kappa shape index (κ3) is 3.67. The van der Waals surface area contributed by atoms with Crippen molar-refractivity contribution in [3.8, 4) is 5.75 Å². The van der Waals surface area contributed by atoms with E-state index in [1.807, 2.05) is 30.3 Å². The molecule has 0 aromatic heterocycles. The molecule has 2 N–H and O–H groups in total. The van der Waals surface area contributed by atoms with Crippen molar-refractivity contribution in [1.82, 2.24) is 0 Å². The van der Waals surface area contributed by atoms with Gasteiger partial charge in [-0.15, -0.1) is 0 Å². The summed E-state index contributed by atoms with van der Waals surface area (Å²) in [5.41, 5.74) is 9.15. The molecule has 0 aliphatic rings. The van der Waals surface area contributed by atoms with E-state index in [1.165, 1.54) is 11.3 Å². The number of nitrogens with two attached hydrogens (primary N) is 1. The minimum Gasteiger partial charge on any atom is -0.497 e. The zero-order valence-corrected chi connectivity index (χ0v) is 12.2. The molecule has 0 bridgehead atoms. The number of nitrogens with zero attached hydrogens (tertiary/aromatic N) is 1. The second-order valence-electron chi connectivity index (χ2n) is 4.77. The molecule has 0 atom stereocenters. The van der Waals surface area contributed by atoms with E-state index in [0.29, 0.717) is 0 Å². The van der Waals surface area contributed by atoms with E-state index < -0.39 is 0 Å². The summed E-state index contributed by atoms with van der Waals surface area (Å²) in [7, 11) is 1.69. The van der Waals surface area contributed by atoms with Gasteiger partial charge in [-0.2, -0.15) is 0 Å². The molecule has 0 aliphatic carbocycles. The first-order valence-corrected chi connectivity index (χ1v) is 6.96. The van der Waals surface area contributed by atoms with Gasteiger partial charge in [0.2, 0.25) is 0 Å². The largest absolute Gasteiger partial charge is 0.497 e. The summed E-state index contributed by atoms with van der Waals surface area (Å²) in [5, 5.41) is 0. The molecule has 0 fully saturated rings. The van der Waals surface area contributed by atoms with Gasteiger partial charge in [-0.1, -0.05) is 18.2 Å². The molecule has 3 heteroatoms. The van der Waals surface area contributed by atoms with Gasteiger partial charge in [-0.3, -0.25) is 0 Å². The number of anilines is 2. The number of likely N-dealkylation sites (N-methyl/N-ethyl adjacent to an activating group) is 1. The summed E-state index contributed by atoms with van der Waals surface area (Å²) in [4.78, 5) is 2.33. The van der Waals surface area contributed by atoms with Crippen LogP contribution < -0.4 is 15.4 Å². The van der Waals surface area contributed by atoms with Gasteiger partial charge in [0.05, 0.1) is 7.11 Å². The van der Waals surface area contributed by atoms with Crippen molar-refractivity contribution in [3.63, 3.8) is 0 Å². The first-order chi connectivity index (χ1) is 9.72. The fourth-order valence-electron chi connectivity index (χ4n) is 2.25. The average Bonchev–Trinajstić information content (AvgIpc) is 2.48. The van der Waals surface area contributed by atoms with Crippen LogP contribution in [-0.2, 0) is 6.42 Å². The fourth-order valence-corrected chi connectivity index (χ4v) is 2.25. The van der Waals surface area contributed by atoms with Crippen molar-refractivity contribution in [2.24, 2.45) is 0 Å². The summed E-state index contributed by atoms with van der Waals surface area (Å²) < 4.78 is 5.17. The van der Waals surface area contributed by atoms with Crippen molar-refractivity contribution in [1.29, 1.82) is 0 Å². The number of rotatable bonds is 6. The van der Waals surface area contributed by atoms with Crippen LogP contribution >= 0.6 is 0 Å². The van der Waals surface area contributed by atoms with Crippen molar-refractivity contribution in [2.45, 2.75) is 13.3 Å². The Morgan fingerprint density at radius 3 is 2.45 bits per heavy atom. The fraction of sp³-hybridized carbons (Fsp3) is 0.294. The smallest absolute Gasteiger partial charge is 0.118 e. The van der Waals surface area contributed by atoms with Crippen LogP contribution in [-0.4, -0.2) is 20.2 Å². The lowest BCUT2D eigenvalue weighted by Crippen LogP contribution is -2.25. The highest BCUT2D eigenvalue weighted by molar-refractivity contribution is 5.55. The Labute approximate surface area is 121 Å². The minimum absolute atomic E-state index is 0.811. The van der Waals surface area contributed by atoms with Gasteiger partial charge in [0.15, 0.2) is 0 Å². The number of nitrogen functional groups attached to an aromatic ring is 1. The van der Waals surface area contributed by atoms with Crippen LogP contribution in [0, 0.1) is 0 Å². The lowest BCUT2D eigenvalue weighted by atomic mass is 10.1. The third-order valence-corrected chi connectivity index (χ3v) is 3.45. The molecule has 0 heterocycles. The Morgan fingerprint density at radius 1 is 1.10 bits per heavy atom. The Bertz CT molecular complexity index is 537. The van der Waals surface area contributed by atoms with Crippen molar-refractivity contribution in [2.75, 3.05) is 30.8 Å². The Hall–Kier alpha value is -2.16. The average molecular weight is 270 g/mol. The van der Waals surface area contributed by atoms with Crippen molar-refractivity contribution >= 4 is 11.4 Å². The molecular weight excluding hydrogens is 248 g/mol. The van der Waals surface area contributed by atoms with Crippen LogP contribution in [0.4, 0.5) is 11.4 Å². The van der Waals surface area contributed by atoms with E-state index in [9.17, 15) is 0 Å². The van der Waals surface area contributed by atoms with Crippen LogP contribution in [0.2, 0.25) is 0 Å². The molecule has 106 valence electrons. The Balaban J connectivity index is 1.99. The van der Waals surface area contributed by atoms with Gasteiger partial charge in [-0.05, 0) is 49.2 Å². The predicted molar refractivity (Wildman–Crippen MR) is 85.4 cm³/mol. The molecule has 0 spiro atoms. The van der Waals surface area contributed by atoms with Crippen LogP contribution in [0.1, 0.15) is 12.5 Å². The standard InChI is InChI=1S/C17H22N2O/c1-3-19(16-6-4-5-15(18)13-16)12-11-14-7-9-17(20-2)10-8-14/h4-10,13H,3,11-12,18H2,1-2H3. The van der Waals surface area contributed by atoms with Crippen molar-refractivity contribution < 1.29 is 4.74 Å². The summed E-state index contributed by atoms with van der Waals surface area (Å²) >= 11 is 0. The second kappa shape index (κ2) is 6.85. The molecule has 0 saturated heterocycles. The Morgan fingerprint density at radius 2 is 1.85 bits per heavy atom. The highest BCUT2D eigenvalue weighted by atomic mass is 16.5. The van der Waals surface area contributed by atoms with Gasteiger partial charge in [0.25, 0.3) is 0 Å². The van der Waals surface area contributed by atoms with E-state index >= 15 is 0 Å². The van der Waals surface area contributed by atoms with E-state index in [-0.39, 0.29) is 0 Å². The lowest BCUT2D eigenvalue weighted by Gasteiger charge is -2.23. The maximum absolute atomic E-state index is 5.85. The van der Waals surface area contributed by atoms with E-state index in [2.05, 4.69) is 30.0 Å². The number of ether oxygens (including phenoxy) is 1. The molecule has 20 heavy (non-hydrogen) atoms. The van der Waals surface area contributed by atoms with Gasteiger partial charge in [0, 0.05) is 24.5 Å². The minimum atomic E-state index is 0.811. The summed E-state index contributed by atoms with van der Waals surface area (Å²) in [6.45, 7) is 4.11. The van der Waals surface area contributed by atoms with Crippen LogP contribution in [0.15, 0.2) is 48.5 Å². The first kappa shape index (κ1) is 14.3. The lowest BCUT2D eigenvalue weighted by molar-refractivity contribution is 0.414. The molecule has 0 radical (unpaired) electrons. The quantitative estimate of drug-likeness (QED) is 0.818. The van der Waals surface area contributed by atoms with Crippen LogP contribution in [0.5, 0.6) is 5.75 Å². The van der Waals surface area contributed by atoms with Crippen molar-refractivity contribution in [3.05, 3.63) is 54.1 Å². The summed E-state index contributed by atoms with van der Waals surface area (Å²) in [5.74, 6) is 0.900. The Kier molecular flexibility index (Phi) is 4.88. The SMILES string of the molecule is CCN(CCc1ccc(OC)cc1)c1cccc(N)c1. The number of hydrogen-bond donors (Lipinski definition) is 1. The predicted octanol–water partition coefficient (Wildman–Crippen LogP) is 3.35. The van der Waals surface area contributed by atoms with Gasteiger partial charge in [0.1, 0.15) is 5.75 Å². The van der Waals surface area contributed by atoms with E-state index in [0.717, 1.165) is 30.9 Å². The molecule has 0 amide bonds. The number of methoxy groups -OCH3 is 1. The highest BCUT2D eigenvalue weighted by Gasteiger charge is 2.05. The third-order valence-electron chi connectivity index (χ3n) is 3.45. The normalized spacial score (nSPS) is 10.3. The molecular formula is C17H22N2O. The number of benzene rings is 2. The van der Waals surface area contributed by atoms with E-state index in [1.54, 1.807) is 7.11 Å². The van der Waals surface area contributed by atoms with E-state index in [4.69, 9.17) is 10.5 Å². The molecule has 2 aromatic rings. The van der Waals surface area contributed by atoms with Gasteiger partial charge < -0.3 is 15.4 Å². The molecule has 0 aliphatic heterocycles. The van der Waals surface area contributed by atoms with Gasteiger partial charge >= 0.3 is 0 Å². The number of hydrogen-bond acceptors (Lipinski definition) is 3. The maximum atomic E-state index is 5.85. The van der Waals surface area contributed by atoms with Crippen LogP contribution in [0.3, 0.4) is 0 Å². The van der Waals surface area contributed by atoms with Gasteiger partial charge in [-0.25, -0.2) is 0 Å². The topological polar surface area (TPSA) is 38.5 Å². The molecule has 0 unspecified atom stereocenters. The second-order valence-corrected chi connectivity index (χ2v) is 4.77. The maximum Gasteiger partial charge on any atom is 0.118 e. The molecule has 2 rings (SSSR count). The summed E-state index contributed by atoms with van der Waals surface area (Å²) in [6.07, 6.45) is 1.01. The molecule has 0 saturated carbocycles. The monoisotopic (exact) mass is 270 g/mol. The zero-order valence-electron chi connectivity index (χ0n) is 12.2. The van der Waals surface area contributed by atoms with Crippen LogP contribution in [0.25, 0.3) is 0 Å². The first-order valence-electron chi connectivity index (χ1n) is 6.96.